The third-order valence-electron chi connectivity index (χ3n) is 2.74. The summed E-state index contributed by atoms with van der Waals surface area (Å²) in [6.45, 7) is 1.98. The maximum Gasteiger partial charge on any atom is 0.265 e. The van der Waals surface area contributed by atoms with Crippen LogP contribution in [-0.4, -0.2) is 15.5 Å². The number of halogens is 2. The van der Waals surface area contributed by atoms with Crippen LogP contribution in [0.15, 0.2) is 33.6 Å². The highest BCUT2D eigenvalue weighted by Gasteiger charge is 2.21. The summed E-state index contributed by atoms with van der Waals surface area (Å²) >= 11 is 5.63. The van der Waals surface area contributed by atoms with Crippen molar-refractivity contribution in [3.8, 4) is 0 Å². The van der Waals surface area contributed by atoms with Crippen molar-refractivity contribution in [1.29, 1.82) is 0 Å². The van der Waals surface area contributed by atoms with Crippen LogP contribution in [0.4, 0.5) is 10.1 Å². The molecule has 0 saturated heterocycles. The molecule has 0 unspecified atom stereocenters. The molecule has 0 aliphatic carbocycles. The molecule has 0 radical (unpaired) electrons. The van der Waals surface area contributed by atoms with Gasteiger partial charge in [0.25, 0.3) is 10.0 Å². The molecule has 5 nitrogen and oxygen atoms in total. The second-order valence-electron chi connectivity index (χ2n) is 4.40. The van der Waals surface area contributed by atoms with Crippen LogP contribution in [0.25, 0.3) is 0 Å². The zero-order valence-corrected chi connectivity index (χ0v) is 13.0. The molecule has 0 aliphatic rings. The number of hydrogen-bond acceptors (Lipinski definition) is 4. The van der Waals surface area contributed by atoms with Gasteiger partial charge < -0.3 is 9.73 Å². The Morgan fingerprint density at radius 2 is 2.05 bits per heavy atom. The summed E-state index contributed by atoms with van der Waals surface area (Å²) in [6.07, 6.45) is 0. The van der Waals surface area contributed by atoms with Gasteiger partial charge in [-0.3, -0.25) is 4.72 Å². The highest BCUT2D eigenvalue weighted by atomic mass is 35.5. The Kier molecular flexibility index (Phi) is 4.55. The van der Waals surface area contributed by atoms with Crippen LogP contribution in [0.5, 0.6) is 0 Å². The molecule has 114 valence electrons. The zero-order valence-electron chi connectivity index (χ0n) is 11.4. The molecule has 8 heteroatoms. The normalized spacial score (nSPS) is 11.6. The Morgan fingerprint density at radius 3 is 2.67 bits per heavy atom. The number of furan rings is 1. The van der Waals surface area contributed by atoms with Gasteiger partial charge in [0.05, 0.1) is 17.3 Å². The Balaban J connectivity index is 2.31. The summed E-state index contributed by atoms with van der Waals surface area (Å²) in [5.74, 6) is 0.170. The van der Waals surface area contributed by atoms with E-state index in [1.54, 1.807) is 14.0 Å². The number of hydrogen-bond donors (Lipinski definition) is 2. The molecule has 2 N–H and O–H groups in total. The molecule has 0 amide bonds. The van der Waals surface area contributed by atoms with E-state index >= 15 is 0 Å². The lowest BCUT2D eigenvalue weighted by atomic mass is 10.3. The second kappa shape index (κ2) is 6.05. The van der Waals surface area contributed by atoms with Crippen LogP contribution in [0.3, 0.4) is 0 Å². The molecule has 2 aromatic rings. The van der Waals surface area contributed by atoms with Crippen molar-refractivity contribution in [2.45, 2.75) is 18.4 Å². The van der Waals surface area contributed by atoms with E-state index in [1.807, 2.05) is 0 Å². The van der Waals surface area contributed by atoms with E-state index in [0.29, 0.717) is 12.3 Å². The number of anilines is 1. The third-order valence-corrected chi connectivity index (χ3v) is 4.51. The Labute approximate surface area is 127 Å². The molecular weight excluding hydrogens is 319 g/mol. The van der Waals surface area contributed by atoms with Crippen molar-refractivity contribution in [1.82, 2.24) is 5.32 Å². The molecular formula is C13H14ClFN2O3S. The van der Waals surface area contributed by atoms with E-state index in [1.165, 1.54) is 18.2 Å². The first kappa shape index (κ1) is 15.8. The van der Waals surface area contributed by atoms with Crippen LogP contribution in [0, 0.1) is 12.7 Å². The van der Waals surface area contributed by atoms with Crippen LogP contribution in [-0.2, 0) is 16.6 Å². The molecule has 1 aromatic heterocycles. The number of nitrogens with one attached hydrogen (secondary N) is 2. The minimum atomic E-state index is -3.82. The van der Waals surface area contributed by atoms with Gasteiger partial charge in [-0.25, -0.2) is 12.8 Å². The molecule has 0 atom stereocenters. The van der Waals surface area contributed by atoms with Crippen molar-refractivity contribution in [3.63, 3.8) is 0 Å². The van der Waals surface area contributed by atoms with Gasteiger partial charge in [-0.1, -0.05) is 11.6 Å². The molecule has 0 spiro atoms. The monoisotopic (exact) mass is 332 g/mol. The summed E-state index contributed by atoms with van der Waals surface area (Å²) in [7, 11) is -2.10. The molecule has 0 bridgehead atoms. The summed E-state index contributed by atoms with van der Waals surface area (Å²) < 4.78 is 45.4. The molecule has 2 rings (SSSR count). The quantitative estimate of drug-likeness (QED) is 0.883. The average Bonchev–Trinajstić information content (AvgIpc) is 2.76. The number of benzene rings is 1. The van der Waals surface area contributed by atoms with Gasteiger partial charge >= 0.3 is 0 Å². The van der Waals surface area contributed by atoms with Crippen LogP contribution < -0.4 is 10.0 Å². The van der Waals surface area contributed by atoms with Gasteiger partial charge in [-0.2, -0.15) is 0 Å². The minimum absolute atomic E-state index is 0.0354. The molecule has 1 heterocycles. The summed E-state index contributed by atoms with van der Waals surface area (Å²) in [5, 5.41) is 2.71. The molecule has 0 fully saturated rings. The summed E-state index contributed by atoms with van der Waals surface area (Å²) in [5.41, 5.74) is 0.178. The number of sulfonamides is 1. The number of rotatable bonds is 5. The van der Waals surface area contributed by atoms with E-state index in [4.69, 9.17) is 16.0 Å². The SMILES string of the molecule is CNCc1cc(S(=O)(=O)Nc2ccc(F)c(Cl)c2)c(C)o1. The largest absolute Gasteiger partial charge is 0.464 e. The van der Waals surface area contributed by atoms with Crippen LogP contribution in [0.1, 0.15) is 11.5 Å². The predicted molar refractivity (Wildman–Crippen MR) is 78.4 cm³/mol. The third kappa shape index (κ3) is 3.55. The predicted octanol–water partition coefficient (Wildman–Crippen LogP) is 2.90. The fraction of sp³-hybridized carbons (Fsp3) is 0.231. The van der Waals surface area contributed by atoms with Crippen LogP contribution in [0.2, 0.25) is 5.02 Å². The van der Waals surface area contributed by atoms with Gasteiger partial charge in [0.2, 0.25) is 0 Å². The van der Waals surface area contributed by atoms with E-state index in [-0.39, 0.29) is 21.4 Å². The van der Waals surface area contributed by atoms with E-state index < -0.39 is 15.8 Å². The van der Waals surface area contributed by atoms with Gasteiger partial charge in [0, 0.05) is 6.07 Å². The fourth-order valence-corrected chi connectivity index (χ4v) is 3.26. The van der Waals surface area contributed by atoms with Gasteiger partial charge in [-0.15, -0.1) is 0 Å². The summed E-state index contributed by atoms with van der Waals surface area (Å²) in [6, 6.07) is 5.04. The Hall–Kier alpha value is -1.57. The van der Waals surface area contributed by atoms with Crippen molar-refractivity contribution < 1.29 is 17.2 Å². The number of aryl methyl sites for hydroxylation is 1. The first-order valence-corrected chi connectivity index (χ1v) is 7.91. The van der Waals surface area contributed by atoms with Crippen molar-refractivity contribution in [2.24, 2.45) is 0 Å². The van der Waals surface area contributed by atoms with Gasteiger partial charge in [0.15, 0.2) is 0 Å². The van der Waals surface area contributed by atoms with Gasteiger partial charge in [-0.05, 0) is 32.2 Å². The van der Waals surface area contributed by atoms with Crippen molar-refractivity contribution >= 4 is 27.3 Å². The minimum Gasteiger partial charge on any atom is -0.464 e. The average molecular weight is 333 g/mol. The highest BCUT2D eigenvalue weighted by Crippen LogP contribution is 2.25. The first-order chi connectivity index (χ1) is 9.83. The van der Waals surface area contributed by atoms with Crippen molar-refractivity contribution in [2.75, 3.05) is 11.8 Å². The maximum absolute atomic E-state index is 13.1. The Morgan fingerprint density at radius 1 is 1.33 bits per heavy atom. The van der Waals surface area contributed by atoms with E-state index in [2.05, 4.69) is 10.0 Å². The highest BCUT2D eigenvalue weighted by molar-refractivity contribution is 7.92. The van der Waals surface area contributed by atoms with E-state index in [0.717, 1.165) is 6.07 Å². The standard InChI is InChI=1S/C13H14ClFN2O3S/c1-8-13(6-10(20-8)7-16-2)21(18,19)17-9-3-4-12(15)11(14)5-9/h3-6,16-17H,7H2,1-2H3. The van der Waals surface area contributed by atoms with Crippen LogP contribution >= 0.6 is 11.6 Å². The molecule has 0 saturated carbocycles. The summed E-state index contributed by atoms with van der Waals surface area (Å²) in [4.78, 5) is 0.0354. The topological polar surface area (TPSA) is 71.3 Å². The van der Waals surface area contributed by atoms with E-state index in [9.17, 15) is 12.8 Å². The maximum atomic E-state index is 13.1. The molecule has 1 aromatic carbocycles. The first-order valence-electron chi connectivity index (χ1n) is 6.05. The van der Waals surface area contributed by atoms with Gasteiger partial charge in [0.1, 0.15) is 22.2 Å². The lowest BCUT2D eigenvalue weighted by Crippen LogP contribution is -2.13. The fourth-order valence-electron chi connectivity index (χ4n) is 1.82. The zero-order chi connectivity index (χ0) is 15.6. The lowest BCUT2D eigenvalue weighted by molar-refractivity contribution is 0.466. The molecule has 0 aliphatic heterocycles. The second-order valence-corrected chi connectivity index (χ2v) is 6.46. The smallest absolute Gasteiger partial charge is 0.265 e. The molecule has 21 heavy (non-hydrogen) atoms. The van der Waals surface area contributed by atoms with Crippen molar-refractivity contribution in [3.05, 3.63) is 46.6 Å². The lowest BCUT2D eigenvalue weighted by Gasteiger charge is -2.07. The Bertz CT molecular complexity index is 759.